The van der Waals surface area contributed by atoms with Gasteiger partial charge in [-0.15, -0.1) is 16.9 Å². The fraction of sp³-hybridized carbons (Fsp3) is 0.500. The van der Waals surface area contributed by atoms with Crippen LogP contribution in [-0.2, 0) is 42.7 Å². The lowest BCUT2D eigenvalue weighted by Crippen LogP contribution is -2.80. The highest BCUT2D eigenvalue weighted by atomic mass is 32.2. The number of nitrogens with zero attached hydrogens (tertiary/aromatic N) is 7. The molecule has 4 heterocycles. The molecule has 216 valence electrons. The van der Waals surface area contributed by atoms with E-state index in [1.165, 1.54) is 35.3 Å². The van der Waals surface area contributed by atoms with Gasteiger partial charge in [0, 0.05) is 36.7 Å². The molecule has 2 aromatic heterocycles. The van der Waals surface area contributed by atoms with Crippen molar-refractivity contribution in [2.75, 3.05) is 30.9 Å². The second-order valence-electron chi connectivity index (χ2n) is 8.17. The monoisotopic (exact) mass is 620 g/mol. The van der Waals surface area contributed by atoms with Crippen LogP contribution in [0.3, 0.4) is 0 Å². The van der Waals surface area contributed by atoms with E-state index in [0.29, 0.717) is 10.7 Å². The summed E-state index contributed by atoms with van der Waals surface area (Å²) in [5, 5.41) is 36.7. The Bertz CT molecular complexity index is 1490. The van der Waals surface area contributed by atoms with E-state index in [-0.39, 0.29) is 23.0 Å². The van der Waals surface area contributed by atoms with E-state index < -0.39 is 68.5 Å². The van der Waals surface area contributed by atoms with Crippen molar-refractivity contribution in [3.63, 3.8) is 0 Å². The van der Waals surface area contributed by atoms with E-state index >= 15 is 0 Å². The summed E-state index contributed by atoms with van der Waals surface area (Å²) in [5.74, 6) is -4.10. The number of carboxylic acids is 1. The Labute approximate surface area is 232 Å². The summed E-state index contributed by atoms with van der Waals surface area (Å²) in [4.78, 5) is 48.7. The molecule has 4 rings (SSSR count). The molecule has 0 aromatic carbocycles. The maximum absolute atomic E-state index is 13.2. The third-order valence-electron chi connectivity index (χ3n) is 5.52. The van der Waals surface area contributed by atoms with Crippen molar-refractivity contribution >= 4 is 51.4 Å². The van der Waals surface area contributed by atoms with Gasteiger partial charge in [0.25, 0.3) is 17.5 Å². The van der Waals surface area contributed by atoms with Crippen molar-refractivity contribution < 1.29 is 46.3 Å². The lowest BCUT2D eigenvalue weighted by atomic mass is 9.98. The third kappa shape index (κ3) is 5.88. The molecule has 0 aliphatic carbocycles. The zero-order chi connectivity index (χ0) is 29.2. The lowest BCUT2D eigenvalue weighted by molar-refractivity contribution is -0.474. The second-order valence-corrected chi connectivity index (χ2v) is 11.9. The van der Waals surface area contributed by atoms with Gasteiger partial charge >= 0.3 is 16.1 Å². The van der Waals surface area contributed by atoms with Crippen LogP contribution in [-0.4, -0.2) is 109 Å². The summed E-state index contributed by atoms with van der Waals surface area (Å²) in [6, 6.07) is 0.995. The molecule has 2 aromatic rings. The molecule has 1 saturated heterocycles. The molecule has 2 amide bonds. The minimum Gasteiger partial charge on any atom is -0.477 e. The number of nitrogens with one attached hydrogen (secondary N) is 1. The molecular weight excluding hydrogens is 600 g/mol. The topological polar surface area (TPSA) is 252 Å². The maximum Gasteiger partial charge on any atom is 0.352 e. The van der Waals surface area contributed by atoms with Gasteiger partial charge in [-0.3, -0.25) is 24.6 Å². The molecular formula is C18H20N8O11S3. The average Bonchev–Trinajstić information content (AvgIpc) is 3.51. The number of aryl methyl sites for hydroxylation is 1. The van der Waals surface area contributed by atoms with Crippen LogP contribution in [0.25, 0.3) is 0 Å². The number of aliphatic carboxylic acids is 1. The standard InChI is InChI=1S/C18H20N8O11S3/c1-24-17(20-22-23-24)39-8-9-7-38-16-18(35-2,15(30)26(16)13(9)14(28)29)19-11(27)5-10-6-12(21-36-10)37-40(33,34)4-3-25(31)32/h6,16H,3-5,7-8H2,1-2H3,(H,19,27)(H,28,29)/t16-,18-/m0/s1. The highest BCUT2D eigenvalue weighted by molar-refractivity contribution is 8.01. The molecule has 0 bridgehead atoms. The van der Waals surface area contributed by atoms with Crippen LogP contribution in [0, 0.1) is 10.1 Å². The first-order valence-electron chi connectivity index (χ1n) is 11.0. The normalized spacial score (nSPS) is 20.6. The Morgan fingerprint density at radius 3 is 2.83 bits per heavy atom. The molecule has 0 radical (unpaired) electrons. The number of tetrazole rings is 1. The summed E-state index contributed by atoms with van der Waals surface area (Å²) < 4.78 is 39.9. The summed E-state index contributed by atoms with van der Waals surface area (Å²) in [6.45, 7) is -0.878. The van der Waals surface area contributed by atoms with Crippen molar-refractivity contribution in [2.45, 2.75) is 22.7 Å². The molecule has 1 fully saturated rings. The third-order valence-corrected chi connectivity index (χ3v) is 9.10. The second kappa shape index (κ2) is 11.4. The molecule has 22 heteroatoms. The van der Waals surface area contributed by atoms with E-state index in [2.05, 4.69) is 30.2 Å². The molecule has 0 unspecified atom stereocenters. The Hall–Kier alpha value is -3.76. The number of nitro groups is 1. The molecule has 0 saturated carbocycles. The van der Waals surface area contributed by atoms with Crippen LogP contribution in [0.5, 0.6) is 5.88 Å². The zero-order valence-electron chi connectivity index (χ0n) is 20.6. The van der Waals surface area contributed by atoms with Crippen LogP contribution in [0.15, 0.2) is 27.0 Å². The number of methoxy groups -OCH3 is 1. The van der Waals surface area contributed by atoms with Gasteiger partial charge in [-0.2, -0.15) is 8.42 Å². The quantitative estimate of drug-likeness (QED) is 0.0627. The van der Waals surface area contributed by atoms with Crippen LogP contribution in [0.4, 0.5) is 0 Å². The average molecular weight is 621 g/mol. The number of thioether (sulfide) groups is 2. The van der Waals surface area contributed by atoms with Gasteiger partial charge in [-0.1, -0.05) is 11.8 Å². The number of carbonyl (C=O) groups excluding carboxylic acids is 2. The van der Waals surface area contributed by atoms with Gasteiger partial charge in [0.1, 0.15) is 16.8 Å². The van der Waals surface area contributed by atoms with Gasteiger partial charge in [-0.05, 0) is 21.2 Å². The number of fused-ring (bicyclic) bond motifs is 1. The predicted molar refractivity (Wildman–Crippen MR) is 132 cm³/mol. The van der Waals surface area contributed by atoms with Crippen LogP contribution in [0.2, 0.25) is 0 Å². The Morgan fingerprint density at radius 2 is 2.20 bits per heavy atom. The largest absolute Gasteiger partial charge is 0.477 e. The number of rotatable bonds is 13. The summed E-state index contributed by atoms with van der Waals surface area (Å²) in [7, 11) is -1.52. The molecule has 2 atom stereocenters. The van der Waals surface area contributed by atoms with Crippen molar-refractivity contribution in [2.24, 2.45) is 7.05 Å². The predicted octanol–water partition coefficient (Wildman–Crippen LogP) is -1.77. The first kappa shape index (κ1) is 29.2. The summed E-state index contributed by atoms with van der Waals surface area (Å²) in [5.41, 5.74) is -1.65. The first-order valence-corrected chi connectivity index (χ1v) is 14.6. The van der Waals surface area contributed by atoms with Gasteiger partial charge < -0.3 is 23.9 Å². The number of aromatic nitrogens is 5. The van der Waals surface area contributed by atoms with Crippen molar-refractivity contribution in [3.05, 3.63) is 33.2 Å². The molecule has 2 aliphatic heterocycles. The Morgan fingerprint density at radius 1 is 1.45 bits per heavy atom. The number of hydrogen-bond acceptors (Lipinski definition) is 16. The zero-order valence-corrected chi connectivity index (χ0v) is 23.0. The van der Waals surface area contributed by atoms with Gasteiger partial charge in [0.15, 0.2) is 5.75 Å². The first-order chi connectivity index (χ1) is 18.9. The van der Waals surface area contributed by atoms with Gasteiger partial charge in [0.2, 0.25) is 17.6 Å². The molecule has 2 aliphatic rings. The number of β-lactam (4-membered cyclic amide) rings is 1. The fourth-order valence-corrected chi connectivity index (χ4v) is 6.96. The number of amides is 2. The van der Waals surface area contributed by atoms with E-state index in [0.717, 1.165) is 11.0 Å². The molecule has 2 N–H and O–H groups in total. The number of carboxylic acid groups (broad SMARTS) is 1. The summed E-state index contributed by atoms with van der Waals surface area (Å²) >= 11 is 2.38. The Kier molecular flexibility index (Phi) is 8.32. The highest BCUT2D eigenvalue weighted by Crippen LogP contribution is 2.47. The van der Waals surface area contributed by atoms with E-state index in [1.54, 1.807) is 7.05 Å². The Balaban J connectivity index is 1.42. The molecule has 19 nitrogen and oxygen atoms in total. The smallest absolute Gasteiger partial charge is 0.352 e. The minimum absolute atomic E-state index is 0.146. The maximum atomic E-state index is 13.2. The number of carbonyl (C=O) groups is 3. The van der Waals surface area contributed by atoms with Gasteiger partial charge in [0.05, 0.1) is 6.42 Å². The van der Waals surface area contributed by atoms with Crippen LogP contribution < -0.4 is 9.50 Å². The minimum atomic E-state index is -4.33. The van der Waals surface area contributed by atoms with E-state index in [1.807, 2.05) is 0 Å². The highest BCUT2D eigenvalue weighted by Gasteiger charge is 2.66. The summed E-state index contributed by atoms with van der Waals surface area (Å²) in [6.07, 6.45) is -0.518. The number of hydrogen-bond donors (Lipinski definition) is 2. The molecule has 0 spiro atoms. The van der Waals surface area contributed by atoms with E-state index in [4.69, 9.17) is 9.26 Å². The van der Waals surface area contributed by atoms with Crippen molar-refractivity contribution in [1.29, 1.82) is 0 Å². The van der Waals surface area contributed by atoms with Crippen LogP contribution in [0.1, 0.15) is 5.76 Å². The van der Waals surface area contributed by atoms with Gasteiger partial charge in [-0.25, -0.2) is 9.48 Å². The van der Waals surface area contributed by atoms with Crippen molar-refractivity contribution in [3.8, 4) is 5.88 Å². The SMILES string of the molecule is CO[C@@]1(NC(=O)Cc2cc(OS(=O)(=O)CC[N+](=O)[O-])no2)C(=O)N2C(C(=O)O)=C(CSc3nnnn3C)CS[C@H]21. The molecule has 40 heavy (non-hydrogen) atoms. The lowest BCUT2D eigenvalue weighted by Gasteiger charge is -2.55. The van der Waals surface area contributed by atoms with Crippen molar-refractivity contribution in [1.82, 2.24) is 35.6 Å². The number of ether oxygens (including phenoxy) is 1. The van der Waals surface area contributed by atoms with Crippen LogP contribution >= 0.6 is 23.5 Å². The van der Waals surface area contributed by atoms with E-state index in [9.17, 15) is 38.0 Å². The fourth-order valence-electron chi connectivity index (χ4n) is 3.73.